The summed E-state index contributed by atoms with van der Waals surface area (Å²) < 4.78 is 0.915. The van der Waals surface area contributed by atoms with Crippen molar-refractivity contribution in [2.45, 2.75) is 0 Å². The van der Waals surface area contributed by atoms with Crippen molar-refractivity contribution in [3.63, 3.8) is 0 Å². The molecule has 1 N–H and O–H groups in total. The van der Waals surface area contributed by atoms with Crippen LogP contribution in [0.5, 0.6) is 0 Å². The van der Waals surface area contributed by atoms with Gasteiger partial charge in [-0.3, -0.25) is 9.59 Å². The molecule has 1 aliphatic heterocycles. The summed E-state index contributed by atoms with van der Waals surface area (Å²) in [6.45, 7) is 1.32. The third-order valence-corrected chi connectivity index (χ3v) is 3.27. The lowest BCUT2D eigenvalue weighted by Crippen LogP contribution is -2.44. The number of halogens is 1. The normalized spacial score (nSPS) is 17.8. The Morgan fingerprint density at radius 2 is 2.06 bits per heavy atom. The SMILES string of the molecule is CN1CCNC(=CC(=O)c2ccc(Br)cc2)C1=O. The summed E-state index contributed by atoms with van der Waals surface area (Å²) in [5.41, 5.74) is 0.921. The predicted molar refractivity (Wildman–Crippen MR) is 72.2 cm³/mol. The molecule has 1 aromatic rings. The molecular weight excluding hydrogens is 296 g/mol. The van der Waals surface area contributed by atoms with Gasteiger partial charge in [0.1, 0.15) is 5.70 Å². The van der Waals surface area contributed by atoms with Gasteiger partial charge < -0.3 is 10.2 Å². The van der Waals surface area contributed by atoms with Gasteiger partial charge in [-0.1, -0.05) is 15.9 Å². The van der Waals surface area contributed by atoms with Crippen LogP contribution in [-0.4, -0.2) is 36.7 Å². The summed E-state index contributed by atoms with van der Waals surface area (Å²) in [7, 11) is 1.72. The van der Waals surface area contributed by atoms with Crippen molar-refractivity contribution in [3.05, 3.63) is 46.1 Å². The van der Waals surface area contributed by atoms with Crippen LogP contribution >= 0.6 is 15.9 Å². The van der Waals surface area contributed by atoms with Gasteiger partial charge in [-0.25, -0.2) is 0 Å². The van der Waals surface area contributed by atoms with Crippen LogP contribution in [0, 0.1) is 0 Å². The highest BCUT2D eigenvalue weighted by atomic mass is 79.9. The highest BCUT2D eigenvalue weighted by Crippen LogP contribution is 2.12. The van der Waals surface area contributed by atoms with Gasteiger partial charge in [-0.05, 0) is 24.3 Å². The smallest absolute Gasteiger partial charge is 0.269 e. The van der Waals surface area contributed by atoms with E-state index in [0.29, 0.717) is 24.4 Å². The summed E-state index contributed by atoms with van der Waals surface area (Å²) in [5, 5.41) is 2.95. The fourth-order valence-electron chi connectivity index (χ4n) is 1.68. The van der Waals surface area contributed by atoms with Crippen LogP contribution < -0.4 is 5.32 Å². The van der Waals surface area contributed by atoms with E-state index in [1.54, 1.807) is 36.2 Å². The Morgan fingerprint density at radius 1 is 1.39 bits per heavy atom. The van der Waals surface area contributed by atoms with Crippen molar-refractivity contribution in [3.8, 4) is 0 Å². The number of hydrogen-bond donors (Lipinski definition) is 1. The zero-order chi connectivity index (χ0) is 13.1. The Labute approximate surface area is 114 Å². The van der Waals surface area contributed by atoms with E-state index in [-0.39, 0.29) is 11.7 Å². The van der Waals surface area contributed by atoms with E-state index in [1.165, 1.54) is 6.08 Å². The standard InChI is InChI=1S/C13H13BrN2O2/c1-16-7-6-15-11(13(16)18)8-12(17)9-2-4-10(14)5-3-9/h2-5,8,15H,6-7H2,1H3. The molecule has 2 rings (SSSR count). The molecule has 0 aromatic heterocycles. The minimum absolute atomic E-state index is 0.147. The molecule has 4 nitrogen and oxygen atoms in total. The van der Waals surface area contributed by atoms with Crippen molar-refractivity contribution < 1.29 is 9.59 Å². The van der Waals surface area contributed by atoms with E-state index < -0.39 is 0 Å². The molecule has 18 heavy (non-hydrogen) atoms. The maximum absolute atomic E-state index is 12.0. The van der Waals surface area contributed by atoms with E-state index >= 15 is 0 Å². The zero-order valence-corrected chi connectivity index (χ0v) is 11.5. The number of likely N-dealkylation sites (N-methyl/N-ethyl adjacent to an activating group) is 1. The molecular formula is C13H13BrN2O2. The number of hydrogen-bond acceptors (Lipinski definition) is 3. The number of allylic oxidation sites excluding steroid dienone is 1. The first-order chi connectivity index (χ1) is 8.58. The monoisotopic (exact) mass is 308 g/mol. The van der Waals surface area contributed by atoms with Gasteiger partial charge in [-0.2, -0.15) is 0 Å². The molecule has 1 heterocycles. The molecule has 0 spiro atoms. The molecule has 1 aliphatic rings. The van der Waals surface area contributed by atoms with E-state index in [2.05, 4.69) is 21.2 Å². The number of carbonyl (C=O) groups excluding carboxylic acids is 2. The lowest BCUT2D eigenvalue weighted by molar-refractivity contribution is -0.127. The highest BCUT2D eigenvalue weighted by molar-refractivity contribution is 9.10. The second-order valence-electron chi connectivity index (χ2n) is 4.08. The Hall–Kier alpha value is -1.62. The zero-order valence-electron chi connectivity index (χ0n) is 9.94. The number of nitrogens with zero attached hydrogens (tertiary/aromatic N) is 1. The fourth-order valence-corrected chi connectivity index (χ4v) is 1.95. The number of amides is 1. The number of nitrogens with one attached hydrogen (secondary N) is 1. The van der Waals surface area contributed by atoms with Gasteiger partial charge >= 0.3 is 0 Å². The van der Waals surface area contributed by atoms with Gasteiger partial charge in [-0.15, -0.1) is 0 Å². The van der Waals surface area contributed by atoms with Gasteiger partial charge in [0.05, 0.1) is 0 Å². The third-order valence-electron chi connectivity index (χ3n) is 2.74. The number of rotatable bonds is 2. The Bertz CT molecular complexity index is 508. The second kappa shape index (κ2) is 5.35. The maximum Gasteiger partial charge on any atom is 0.269 e. The topological polar surface area (TPSA) is 49.4 Å². The van der Waals surface area contributed by atoms with Crippen LogP contribution in [0.1, 0.15) is 10.4 Å². The fraction of sp³-hybridized carbons (Fsp3) is 0.231. The van der Waals surface area contributed by atoms with E-state index in [0.717, 1.165) is 4.47 Å². The van der Waals surface area contributed by atoms with Crippen LogP contribution in [0.4, 0.5) is 0 Å². The van der Waals surface area contributed by atoms with Gasteiger partial charge in [0.2, 0.25) is 0 Å². The first-order valence-corrected chi connectivity index (χ1v) is 6.38. The van der Waals surface area contributed by atoms with Crippen molar-refractivity contribution in [1.29, 1.82) is 0 Å². The Balaban J connectivity index is 2.19. The van der Waals surface area contributed by atoms with Crippen LogP contribution in [0.2, 0.25) is 0 Å². The van der Waals surface area contributed by atoms with E-state index in [4.69, 9.17) is 0 Å². The average Bonchev–Trinajstić information content (AvgIpc) is 2.36. The first kappa shape index (κ1) is 12.8. The van der Waals surface area contributed by atoms with Crippen LogP contribution in [0.25, 0.3) is 0 Å². The minimum atomic E-state index is -0.173. The van der Waals surface area contributed by atoms with Crippen LogP contribution in [0.3, 0.4) is 0 Å². The van der Waals surface area contributed by atoms with Gasteiger partial charge in [0.15, 0.2) is 5.78 Å². The molecule has 1 fully saturated rings. The maximum atomic E-state index is 12.0. The second-order valence-corrected chi connectivity index (χ2v) is 5.00. The van der Waals surface area contributed by atoms with Crippen LogP contribution in [-0.2, 0) is 4.79 Å². The summed E-state index contributed by atoms with van der Waals surface area (Å²) in [6.07, 6.45) is 1.36. The molecule has 94 valence electrons. The molecule has 0 radical (unpaired) electrons. The quantitative estimate of drug-likeness (QED) is 0.666. The van der Waals surface area contributed by atoms with Crippen LogP contribution in [0.15, 0.2) is 40.5 Å². The van der Waals surface area contributed by atoms with E-state index in [9.17, 15) is 9.59 Å². The molecule has 0 atom stereocenters. The number of carbonyl (C=O) groups is 2. The largest absolute Gasteiger partial charge is 0.379 e. The molecule has 1 saturated heterocycles. The van der Waals surface area contributed by atoms with Crippen molar-refractivity contribution in [2.24, 2.45) is 0 Å². The van der Waals surface area contributed by atoms with Gasteiger partial charge in [0.25, 0.3) is 5.91 Å². The number of ketones is 1. The number of benzene rings is 1. The lowest BCUT2D eigenvalue weighted by Gasteiger charge is -2.25. The minimum Gasteiger partial charge on any atom is -0.379 e. The molecule has 1 aromatic carbocycles. The van der Waals surface area contributed by atoms with Crippen molar-refractivity contribution in [2.75, 3.05) is 20.1 Å². The molecule has 5 heteroatoms. The molecule has 0 unspecified atom stereocenters. The number of piperazine rings is 1. The third kappa shape index (κ3) is 2.79. The molecule has 0 aliphatic carbocycles. The van der Waals surface area contributed by atoms with E-state index in [1.807, 2.05) is 0 Å². The van der Waals surface area contributed by atoms with Crippen molar-refractivity contribution >= 4 is 27.6 Å². The average molecular weight is 309 g/mol. The van der Waals surface area contributed by atoms with Crippen molar-refractivity contribution in [1.82, 2.24) is 10.2 Å². The predicted octanol–water partition coefficient (Wildman–Crippen LogP) is 1.58. The first-order valence-electron chi connectivity index (χ1n) is 5.59. The Morgan fingerprint density at radius 3 is 2.72 bits per heavy atom. The summed E-state index contributed by atoms with van der Waals surface area (Å²) in [6, 6.07) is 7.04. The Kier molecular flexibility index (Phi) is 3.81. The van der Waals surface area contributed by atoms with Gasteiger partial charge in [0, 0.05) is 36.2 Å². The highest BCUT2D eigenvalue weighted by Gasteiger charge is 2.20. The summed E-state index contributed by atoms with van der Waals surface area (Å²) in [5.74, 6) is -0.319. The lowest BCUT2D eigenvalue weighted by atomic mass is 10.1. The summed E-state index contributed by atoms with van der Waals surface area (Å²) in [4.78, 5) is 25.4. The summed E-state index contributed by atoms with van der Waals surface area (Å²) >= 11 is 3.31. The molecule has 0 saturated carbocycles. The molecule has 0 bridgehead atoms. The molecule has 1 amide bonds.